The van der Waals surface area contributed by atoms with Gasteiger partial charge in [-0.25, -0.2) is 4.68 Å². The summed E-state index contributed by atoms with van der Waals surface area (Å²) in [5.41, 5.74) is 3.71. The molecule has 0 aliphatic carbocycles. The first kappa shape index (κ1) is 22.5. The van der Waals surface area contributed by atoms with Crippen LogP contribution >= 0.6 is 0 Å². The summed E-state index contributed by atoms with van der Waals surface area (Å²) in [5.74, 6) is 0.940. The second-order valence-electron chi connectivity index (χ2n) is 7.28. The summed E-state index contributed by atoms with van der Waals surface area (Å²) in [5, 5.41) is 8.08. The van der Waals surface area contributed by atoms with Crippen LogP contribution in [0.4, 0.5) is 5.82 Å². The fourth-order valence-corrected chi connectivity index (χ4v) is 3.08. The van der Waals surface area contributed by atoms with Crippen LogP contribution < -0.4 is 5.32 Å². The SMILES string of the molecule is C=N/C=C(\C=N/CN(C)CCCN(C)C)c1nn(-c2ccccc2)c(NC)c1C. The minimum atomic E-state index is 0.624. The summed E-state index contributed by atoms with van der Waals surface area (Å²) >= 11 is 0. The summed E-state index contributed by atoms with van der Waals surface area (Å²) in [7, 11) is 8.16. The Morgan fingerprint density at radius 1 is 1.21 bits per heavy atom. The number of nitrogens with zero attached hydrogens (tertiary/aromatic N) is 6. The lowest BCUT2D eigenvalue weighted by Crippen LogP contribution is -2.23. The zero-order chi connectivity index (χ0) is 21.2. The molecule has 1 heterocycles. The van der Waals surface area contributed by atoms with Crippen LogP contribution in [0.2, 0.25) is 0 Å². The molecular formula is C22H33N7. The van der Waals surface area contributed by atoms with Crippen LogP contribution in [-0.4, -0.2) is 80.5 Å². The number of para-hydroxylation sites is 1. The van der Waals surface area contributed by atoms with Gasteiger partial charge in [0.25, 0.3) is 0 Å². The van der Waals surface area contributed by atoms with Gasteiger partial charge in [0.2, 0.25) is 0 Å². The molecule has 0 amide bonds. The molecule has 7 heteroatoms. The molecule has 1 N–H and O–H groups in total. The number of aromatic nitrogens is 2. The molecule has 1 aromatic heterocycles. The van der Waals surface area contributed by atoms with Gasteiger partial charge in [-0.1, -0.05) is 18.2 Å². The van der Waals surface area contributed by atoms with Gasteiger partial charge in [0, 0.05) is 37.1 Å². The molecule has 29 heavy (non-hydrogen) atoms. The number of rotatable bonds is 11. The molecule has 0 unspecified atom stereocenters. The van der Waals surface area contributed by atoms with E-state index in [2.05, 4.69) is 53.0 Å². The van der Waals surface area contributed by atoms with Crippen molar-refractivity contribution < 1.29 is 0 Å². The topological polar surface area (TPSA) is 61.1 Å². The first-order valence-corrected chi connectivity index (χ1v) is 9.80. The Hall–Kier alpha value is -2.77. The summed E-state index contributed by atoms with van der Waals surface area (Å²) < 4.78 is 1.91. The Labute approximate surface area is 174 Å². The zero-order valence-corrected chi connectivity index (χ0v) is 18.3. The highest BCUT2D eigenvalue weighted by atomic mass is 15.3. The van der Waals surface area contributed by atoms with E-state index in [1.54, 1.807) is 6.20 Å². The van der Waals surface area contributed by atoms with Crippen molar-refractivity contribution in [2.75, 3.05) is 53.3 Å². The molecule has 0 aliphatic rings. The molecule has 156 valence electrons. The number of hydrogen-bond acceptors (Lipinski definition) is 6. The van der Waals surface area contributed by atoms with Crippen LogP contribution in [0.15, 0.2) is 46.5 Å². The minimum Gasteiger partial charge on any atom is -0.373 e. The molecule has 1 aromatic carbocycles. The molecule has 2 rings (SSSR count). The number of anilines is 1. The van der Waals surface area contributed by atoms with Crippen molar-refractivity contribution in [3.8, 4) is 5.69 Å². The first-order chi connectivity index (χ1) is 14.0. The van der Waals surface area contributed by atoms with E-state index in [1.807, 2.05) is 55.2 Å². The van der Waals surface area contributed by atoms with Crippen LogP contribution in [0.1, 0.15) is 17.7 Å². The maximum Gasteiger partial charge on any atom is 0.133 e. The molecule has 0 fully saturated rings. The maximum atomic E-state index is 4.82. The molecule has 0 aliphatic heterocycles. The van der Waals surface area contributed by atoms with E-state index in [-0.39, 0.29) is 0 Å². The number of hydrogen-bond donors (Lipinski definition) is 1. The summed E-state index contributed by atoms with van der Waals surface area (Å²) in [4.78, 5) is 13.0. The van der Waals surface area contributed by atoms with Gasteiger partial charge in [0.05, 0.1) is 12.4 Å². The summed E-state index contributed by atoms with van der Waals surface area (Å²) in [6.07, 6.45) is 4.66. The van der Waals surface area contributed by atoms with E-state index in [0.717, 1.165) is 47.8 Å². The Kier molecular flexibility index (Phi) is 8.76. The highest BCUT2D eigenvalue weighted by Crippen LogP contribution is 2.26. The largest absolute Gasteiger partial charge is 0.373 e. The molecule has 0 atom stereocenters. The fraction of sp³-hybridized carbons (Fsp3) is 0.409. The third-order valence-corrected chi connectivity index (χ3v) is 4.56. The fourth-order valence-electron chi connectivity index (χ4n) is 3.08. The minimum absolute atomic E-state index is 0.624. The second-order valence-corrected chi connectivity index (χ2v) is 7.28. The van der Waals surface area contributed by atoms with E-state index < -0.39 is 0 Å². The van der Waals surface area contributed by atoms with Gasteiger partial charge < -0.3 is 10.2 Å². The monoisotopic (exact) mass is 395 g/mol. The maximum absolute atomic E-state index is 4.82. The van der Waals surface area contributed by atoms with Crippen molar-refractivity contribution >= 4 is 24.3 Å². The molecule has 0 saturated carbocycles. The van der Waals surface area contributed by atoms with E-state index in [9.17, 15) is 0 Å². The van der Waals surface area contributed by atoms with E-state index in [1.165, 1.54) is 0 Å². The Morgan fingerprint density at radius 3 is 2.55 bits per heavy atom. The van der Waals surface area contributed by atoms with Crippen LogP contribution in [0.3, 0.4) is 0 Å². The van der Waals surface area contributed by atoms with Gasteiger partial charge in [0.15, 0.2) is 0 Å². The highest BCUT2D eigenvalue weighted by molar-refractivity contribution is 6.10. The Bertz CT molecular complexity index is 834. The van der Waals surface area contributed by atoms with Gasteiger partial charge in [0.1, 0.15) is 11.5 Å². The molecule has 0 saturated heterocycles. The zero-order valence-electron chi connectivity index (χ0n) is 18.3. The predicted octanol–water partition coefficient (Wildman–Crippen LogP) is 3.18. The summed E-state index contributed by atoms with van der Waals surface area (Å²) in [6, 6.07) is 10.1. The predicted molar refractivity (Wildman–Crippen MR) is 125 cm³/mol. The molecular weight excluding hydrogens is 362 g/mol. The van der Waals surface area contributed by atoms with Crippen LogP contribution in [-0.2, 0) is 0 Å². The van der Waals surface area contributed by atoms with Crippen molar-refractivity contribution in [3.63, 3.8) is 0 Å². The molecule has 2 aromatic rings. The van der Waals surface area contributed by atoms with Gasteiger partial charge >= 0.3 is 0 Å². The van der Waals surface area contributed by atoms with Crippen molar-refractivity contribution in [2.24, 2.45) is 9.98 Å². The van der Waals surface area contributed by atoms with E-state index in [0.29, 0.717) is 6.67 Å². The lowest BCUT2D eigenvalue weighted by Gasteiger charge is -2.15. The van der Waals surface area contributed by atoms with Crippen molar-refractivity contribution in [2.45, 2.75) is 13.3 Å². The standard InChI is InChI=1S/C22H33N7/c1-18-21(26-29(22(18)24-3)20-11-8-7-9-12-20)19(15-23-2)16-25-17-28(6)14-10-13-27(4)5/h7-9,11-12,15-16,24H,2,10,13-14,17H2,1,3-6H3/b19-15+,25-16-. The van der Waals surface area contributed by atoms with Crippen molar-refractivity contribution in [3.05, 3.63) is 47.8 Å². The van der Waals surface area contributed by atoms with Gasteiger partial charge in [-0.05, 0) is 59.9 Å². The van der Waals surface area contributed by atoms with Crippen LogP contribution in [0.5, 0.6) is 0 Å². The van der Waals surface area contributed by atoms with Crippen LogP contribution in [0, 0.1) is 6.92 Å². The van der Waals surface area contributed by atoms with Gasteiger partial charge in [-0.3, -0.25) is 14.9 Å². The third kappa shape index (κ3) is 6.37. The average molecular weight is 396 g/mol. The van der Waals surface area contributed by atoms with Crippen LogP contribution in [0.25, 0.3) is 11.3 Å². The van der Waals surface area contributed by atoms with Crippen molar-refractivity contribution in [1.82, 2.24) is 19.6 Å². The number of nitrogens with one attached hydrogen (secondary N) is 1. The lowest BCUT2D eigenvalue weighted by atomic mass is 10.1. The second kappa shape index (κ2) is 11.3. The quantitative estimate of drug-likeness (QED) is 0.594. The van der Waals surface area contributed by atoms with Gasteiger partial charge in [-0.2, -0.15) is 5.10 Å². The molecule has 0 radical (unpaired) electrons. The first-order valence-electron chi connectivity index (χ1n) is 9.80. The highest BCUT2D eigenvalue weighted by Gasteiger charge is 2.17. The third-order valence-electron chi connectivity index (χ3n) is 4.56. The summed E-state index contributed by atoms with van der Waals surface area (Å²) in [6.45, 7) is 8.35. The van der Waals surface area contributed by atoms with E-state index >= 15 is 0 Å². The van der Waals surface area contributed by atoms with Gasteiger partial charge in [-0.15, -0.1) is 0 Å². The number of allylic oxidation sites excluding steroid dienone is 1. The number of aliphatic imine (C=N–C) groups is 2. The molecule has 7 nitrogen and oxygen atoms in total. The Balaban J connectivity index is 2.20. The van der Waals surface area contributed by atoms with E-state index in [4.69, 9.17) is 5.10 Å². The lowest BCUT2D eigenvalue weighted by molar-refractivity contribution is 0.308. The Morgan fingerprint density at radius 2 is 1.93 bits per heavy atom. The molecule has 0 bridgehead atoms. The average Bonchev–Trinajstić information content (AvgIpc) is 3.04. The normalized spacial score (nSPS) is 12.3. The molecule has 0 spiro atoms. The number of benzene rings is 1. The smallest absolute Gasteiger partial charge is 0.133 e. The van der Waals surface area contributed by atoms with Crippen molar-refractivity contribution in [1.29, 1.82) is 0 Å².